The molecule has 0 aliphatic carbocycles. The SMILES string of the molecule is NS(=O)(=O)c1ccc2cccc(CCCCOCCCCCCNC[C@@H](O)c3ccc(O)c(CO)c3)c2c1. The highest BCUT2D eigenvalue weighted by atomic mass is 32.2. The predicted octanol–water partition coefficient (Wildman–Crippen LogP) is 3.91. The molecule has 0 aromatic heterocycles. The van der Waals surface area contributed by atoms with E-state index >= 15 is 0 Å². The first-order chi connectivity index (χ1) is 18.3. The molecule has 0 unspecified atom stereocenters. The first-order valence-corrected chi connectivity index (χ1v) is 14.8. The lowest BCUT2D eigenvalue weighted by atomic mass is 10.0. The van der Waals surface area contributed by atoms with Gasteiger partial charge < -0.3 is 25.4 Å². The number of aryl methyl sites for hydroxylation is 1. The van der Waals surface area contributed by atoms with Gasteiger partial charge in [-0.3, -0.25) is 0 Å². The molecule has 0 heterocycles. The van der Waals surface area contributed by atoms with E-state index in [1.807, 2.05) is 18.2 Å². The summed E-state index contributed by atoms with van der Waals surface area (Å²) in [6, 6.07) is 15.8. The monoisotopic (exact) mass is 544 g/mol. The summed E-state index contributed by atoms with van der Waals surface area (Å²) in [4.78, 5) is 0.139. The van der Waals surface area contributed by atoms with Crippen molar-refractivity contribution < 1.29 is 28.5 Å². The predicted molar refractivity (Wildman–Crippen MR) is 149 cm³/mol. The molecule has 0 aliphatic rings. The van der Waals surface area contributed by atoms with Gasteiger partial charge in [0.15, 0.2) is 0 Å². The number of phenols is 1. The maximum Gasteiger partial charge on any atom is 0.238 e. The van der Waals surface area contributed by atoms with E-state index in [-0.39, 0.29) is 17.3 Å². The van der Waals surface area contributed by atoms with Crippen LogP contribution in [0.5, 0.6) is 5.75 Å². The smallest absolute Gasteiger partial charge is 0.238 e. The molecule has 0 spiro atoms. The van der Waals surface area contributed by atoms with Crippen LogP contribution in [0.3, 0.4) is 0 Å². The van der Waals surface area contributed by atoms with Crippen LogP contribution < -0.4 is 10.5 Å². The lowest BCUT2D eigenvalue weighted by molar-refractivity contribution is 0.126. The molecule has 0 fully saturated rings. The van der Waals surface area contributed by atoms with E-state index < -0.39 is 16.1 Å². The van der Waals surface area contributed by atoms with Crippen LogP contribution in [-0.2, 0) is 27.8 Å². The molecule has 0 bridgehead atoms. The number of fused-ring (bicyclic) bond motifs is 1. The fraction of sp³-hybridized carbons (Fsp3) is 0.448. The summed E-state index contributed by atoms with van der Waals surface area (Å²) < 4.78 is 29.2. The van der Waals surface area contributed by atoms with Gasteiger partial charge >= 0.3 is 0 Å². The van der Waals surface area contributed by atoms with Gasteiger partial charge in [0.05, 0.1) is 17.6 Å². The first-order valence-electron chi connectivity index (χ1n) is 13.2. The number of nitrogens with one attached hydrogen (secondary N) is 1. The van der Waals surface area contributed by atoms with Gasteiger partial charge in [0.2, 0.25) is 10.0 Å². The molecule has 0 saturated carbocycles. The van der Waals surface area contributed by atoms with Crippen LogP contribution in [0.15, 0.2) is 59.5 Å². The maximum atomic E-state index is 11.7. The third-order valence-electron chi connectivity index (χ3n) is 6.65. The van der Waals surface area contributed by atoms with E-state index in [4.69, 9.17) is 9.88 Å². The number of nitrogens with two attached hydrogens (primary N) is 1. The van der Waals surface area contributed by atoms with Crippen molar-refractivity contribution in [1.82, 2.24) is 5.32 Å². The molecule has 0 radical (unpaired) electrons. The zero-order valence-electron chi connectivity index (χ0n) is 21.8. The van der Waals surface area contributed by atoms with Crippen molar-refractivity contribution in [3.05, 3.63) is 71.3 Å². The van der Waals surface area contributed by atoms with Crippen LogP contribution >= 0.6 is 0 Å². The summed E-state index contributed by atoms with van der Waals surface area (Å²) in [5, 5.41) is 39.6. The lowest BCUT2D eigenvalue weighted by Gasteiger charge is -2.14. The molecular formula is C29H40N2O6S. The van der Waals surface area contributed by atoms with Crippen molar-refractivity contribution >= 4 is 20.8 Å². The van der Waals surface area contributed by atoms with E-state index in [1.54, 1.807) is 30.3 Å². The topological polar surface area (TPSA) is 142 Å². The number of hydrogen-bond acceptors (Lipinski definition) is 7. The van der Waals surface area contributed by atoms with Gasteiger partial charge in [-0.15, -0.1) is 0 Å². The summed E-state index contributed by atoms with van der Waals surface area (Å²) >= 11 is 0. The molecular weight excluding hydrogens is 504 g/mol. The first kappa shape index (κ1) is 30.0. The van der Waals surface area contributed by atoms with Gasteiger partial charge in [-0.2, -0.15) is 0 Å². The number of sulfonamides is 1. The average Bonchev–Trinajstić information content (AvgIpc) is 2.90. The number of hydrogen-bond donors (Lipinski definition) is 5. The summed E-state index contributed by atoms with van der Waals surface area (Å²) in [5.41, 5.74) is 2.20. The minimum atomic E-state index is -3.72. The highest BCUT2D eigenvalue weighted by Gasteiger charge is 2.11. The minimum absolute atomic E-state index is 0.0317. The molecule has 0 amide bonds. The molecule has 3 aromatic carbocycles. The number of rotatable bonds is 17. The number of aliphatic hydroxyl groups excluding tert-OH is 2. The fourth-order valence-corrected chi connectivity index (χ4v) is 4.98. The maximum absolute atomic E-state index is 11.7. The van der Waals surface area contributed by atoms with Crippen molar-refractivity contribution in [3.8, 4) is 5.75 Å². The molecule has 3 aromatic rings. The Hall–Kier alpha value is -2.53. The van der Waals surface area contributed by atoms with Crippen LogP contribution in [-0.4, -0.2) is 50.0 Å². The Balaban J connectivity index is 1.21. The van der Waals surface area contributed by atoms with Crippen molar-refractivity contribution in [1.29, 1.82) is 0 Å². The number of aliphatic hydroxyl groups is 2. The van der Waals surface area contributed by atoms with E-state index in [1.165, 1.54) is 6.07 Å². The zero-order valence-corrected chi connectivity index (χ0v) is 22.6. The molecule has 8 nitrogen and oxygen atoms in total. The number of ether oxygens (including phenoxy) is 1. The second-order valence-electron chi connectivity index (χ2n) is 9.59. The van der Waals surface area contributed by atoms with Gasteiger partial charge in [0.25, 0.3) is 0 Å². The zero-order chi connectivity index (χ0) is 27.4. The Bertz CT molecular complexity index is 1270. The highest BCUT2D eigenvalue weighted by molar-refractivity contribution is 7.89. The Labute approximate surface area is 225 Å². The minimum Gasteiger partial charge on any atom is -0.508 e. The normalized spacial score (nSPS) is 12.7. The van der Waals surface area contributed by atoms with Crippen molar-refractivity contribution in [3.63, 3.8) is 0 Å². The molecule has 9 heteroatoms. The third kappa shape index (κ3) is 9.34. The summed E-state index contributed by atoms with van der Waals surface area (Å²) in [6.45, 7) is 2.43. The van der Waals surface area contributed by atoms with Gasteiger partial charge in [-0.1, -0.05) is 43.2 Å². The van der Waals surface area contributed by atoms with Gasteiger partial charge in [0, 0.05) is 25.3 Å². The van der Waals surface area contributed by atoms with E-state index in [0.717, 1.165) is 74.4 Å². The van der Waals surface area contributed by atoms with Crippen molar-refractivity contribution in [2.75, 3.05) is 26.3 Å². The highest BCUT2D eigenvalue weighted by Crippen LogP contribution is 2.24. The van der Waals surface area contributed by atoms with E-state index in [0.29, 0.717) is 24.3 Å². The summed E-state index contributed by atoms with van der Waals surface area (Å²) in [5.74, 6) is 0.0317. The van der Waals surface area contributed by atoms with Crippen LogP contribution in [0.25, 0.3) is 10.8 Å². The summed E-state index contributed by atoms with van der Waals surface area (Å²) in [6.07, 6.45) is 6.27. The van der Waals surface area contributed by atoms with Crippen molar-refractivity contribution in [2.24, 2.45) is 5.14 Å². The standard InChI is InChI=1S/C29H40N2O6S/c30-38(35,36)26-13-11-23-10-7-9-22(27(23)19-26)8-3-6-17-37-16-5-2-1-4-15-31-20-29(34)24-12-14-28(33)25(18-24)21-32/h7,9-14,18-19,29,31-34H,1-6,8,15-17,20-21H2,(H2,30,35,36)/t29-/m1/s1. The van der Waals surface area contributed by atoms with Gasteiger partial charge in [-0.05, 0) is 84.8 Å². The van der Waals surface area contributed by atoms with Gasteiger partial charge in [0.1, 0.15) is 5.75 Å². The second-order valence-corrected chi connectivity index (χ2v) is 11.2. The Kier molecular flexibility index (Phi) is 12.0. The molecule has 208 valence electrons. The largest absolute Gasteiger partial charge is 0.508 e. The molecule has 0 aliphatic heterocycles. The number of unbranched alkanes of at least 4 members (excludes halogenated alkanes) is 4. The van der Waals surface area contributed by atoms with Crippen LogP contribution in [0.1, 0.15) is 61.3 Å². The number of primary sulfonamides is 1. The molecule has 6 N–H and O–H groups in total. The average molecular weight is 545 g/mol. The summed E-state index contributed by atoms with van der Waals surface area (Å²) in [7, 11) is -3.72. The van der Waals surface area contributed by atoms with Gasteiger partial charge in [-0.25, -0.2) is 13.6 Å². The van der Waals surface area contributed by atoms with E-state index in [9.17, 15) is 23.7 Å². The Morgan fingerprint density at radius 1 is 0.895 bits per heavy atom. The van der Waals surface area contributed by atoms with Crippen molar-refractivity contribution in [2.45, 2.75) is 62.6 Å². The molecule has 38 heavy (non-hydrogen) atoms. The van der Waals surface area contributed by atoms with E-state index in [2.05, 4.69) is 5.32 Å². The molecule has 3 rings (SSSR count). The molecule has 0 saturated heterocycles. The molecule has 1 atom stereocenters. The number of aromatic hydroxyl groups is 1. The van der Waals surface area contributed by atoms with Crippen LogP contribution in [0, 0.1) is 0 Å². The Morgan fingerprint density at radius 2 is 1.66 bits per heavy atom. The van der Waals surface area contributed by atoms with Crippen LogP contribution in [0.4, 0.5) is 0 Å². The second kappa shape index (κ2) is 15.2. The quantitative estimate of drug-likeness (QED) is 0.162. The lowest BCUT2D eigenvalue weighted by Crippen LogP contribution is -2.22. The van der Waals surface area contributed by atoms with Crippen LogP contribution in [0.2, 0.25) is 0 Å². The number of benzene rings is 3. The Morgan fingerprint density at radius 3 is 2.42 bits per heavy atom. The third-order valence-corrected chi connectivity index (χ3v) is 7.56. The fourth-order valence-electron chi connectivity index (χ4n) is 4.44.